The number of aliphatic hydroxyl groups is 1. The molecular formula is C14H25NO5. The normalized spacial score (nSPS) is 40.8. The predicted octanol–water partition coefficient (Wildman–Crippen LogP) is 0.381. The SMILES string of the molecule is CO[C@@H]1C(C(CCO)NC2CC2)OC2OC(C)(C)OC21. The highest BCUT2D eigenvalue weighted by atomic mass is 16.8. The van der Waals surface area contributed by atoms with E-state index in [1.165, 1.54) is 12.8 Å². The zero-order valence-corrected chi connectivity index (χ0v) is 12.4. The van der Waals surface area contributed by atoms with Crippen molar-refractivity contribution in [3.8, 4) is 0 Å². The van der Waals surface area contributed by atoms with Crippen LogP contribution in [-0.2, 0) is 18.9 Å². The van der Waals surface area contributed by atoms with Crippen molar-refractivity contribution in [3.05, 3.63) is 0 Å². The maximum absolute atomic E-state index is 9.28. The van der Waals surface area contributed by atoms with Gasteiger partial charge in [0.2, 0.25) is 0 Å². The van der Waals surface area contributed by atoms with E-state index in [0.29, 0.717) is 12.5 Å². The van der Waals surface area contributed by atoms with Crippen LogP contribution in [0.1, 0.15) is 33.1 Å². The molecule has 20 heavy (non-hydrogen) atoms. The van der Waals surface area contributed by atoms with Crippen molar-refractivity contribution in [2.45, 2.75) is 75.6 Å². The van der Waals surface area contributed by atoms with Crippen LogP contribution in [0.3, 0.4) is 0 Å². The van der Waals surface area contributed by atoms with Crippen molar-refractivity contribution in [2.24, 2.45) is 0 Å². The number of hydrogen-bond acceptors (Lipinski definition) is 6. The first-order valence-corrected chi connectivity index (χ1v) is 7.45. The van der Waals surface area contributed by atoms with Crippen molar-refractivity contribution < 1.29 is 24.1 Å². The van der Waals surface area contributed by atoms with Gasteiger partial charge in [-0.25, -0.2) is 0 Å². The van der Waals surface area contributed by atoms with Crippen LogP contribution in [0.5, 0.6) is 0 Å². The van der Waals surface area contributed by atoms with Crippen LogP contribution < -0.4 is 5.32 Å². The summed E-state index contributed by atoms with van der Waals surface area (Å²) in [5, 5.41) is 12.8. The Labute approximate surface area is 119 Å². The molecule has 1 saturated carbocycles. The van der Waals surface area contributed by atoms with Gasteiger partial charge >= 0.3 is 0 Å². The molecule has 0 bridgehead atoms. The summed E-state index contributed by atoms with van der Waals surface area (Å²) in [5.74, 6) is -0.631. The molecule has 2 aliphatic heterocycles. The molecule has 0 aromatic heterocycles. The average Bonchev–Trinajstić information content (AvgIpc) is 3.05. The minimum Gasteiger partial charge on any atom is -0.396 e. The number of aliphatic hydroxyl groups excluding tert-OH is 1. The molecule has 0 aromatic carbocycles. The van der Waals surface area contributed by atoms with Gasteiger partial charge in [0.05, 0.1) is 0 Å². The largest absolute Gasteiger partial charge is 0.396 e. The maximum Gasteiger partial charge on any atom is 0.190 e. The van der Waals surface area contributed by atoms with Crippen molar-refractivity contribution in [2.75, 3.05) is 13.7 Å². The minimum atomic E-state index is -0.631. The summed E-state index contributed by atoms with van der Waals surface area (Å²) in [5.41, 5.74) is 0. The standard InChI is InChI=1S/C14H25NO5/c1-14(2)19-12-11(17-3)10(18-13(12)20-14)9(6-7-16)15-8-4-5-8/h8-13,15-16H,4-7H2,1-3H3/t9?,10?,11-,12?,13?/m1/s1. The molecule has 0 radical (unpaired) electrons. The van der Waals surface area contributed by atoms with E-state index in [4.69, 9.17) is 18.9 Å². The van der Waals surface area contributed by atoms with Gasteiger partial charge in [0.15, 0.2) is 12.1 Å². The Bertz CT molecular complexity index is 346. The van der Waals surface area contributed by atoms with Crippen LogP contribution >= 0.6 is 0 Å². The van der Waals surface area contributed by atoms with E-state index in [1.807, 2.05) is 13.8 Å². The average molecular weight is 287 g/mol. The van der Waals surface area contributed by atoms with E-state index in [0.717, 1.165) is 0 Å². The Morgan fingerprint density at radius 3 is 2.70 bits per heavy atom. The second-order valence-corrected chi connectivity index (χ2v) is 6.33. The third-order valence-corrected chi connectivity index (χ3v) is 4.16. The summed E-state index contributed by atoms with van der Waals surface area (Å²) in [4.78, 5) is 0. The summed E-state index contributed by atoms with van der Waals surface area (Å²) in [6.45, 7) is 3.89. The molecule has 116 valence electrons. The highest BCUT2D eigenvalue weighted by Gasteiger charge is 2.56. The lowest BCUT2D eigenvalue weighted by Gasteiger charge is -2.30. The van der Waals surface area contributed by atoms with Gasteiger partial charge < -0.3 is 29.4 Å². The first-order valence-electron chi connectivity index (χ1n) is 7.45. The lowest BCUT2D eigenvalue weighted by atomic mass is 10.0. The Kier molecular flexibility index (Phi) is 4.05. The van der Waals surface area contributed by atoms with Crippen molar-refractivity contribution in [1.29, 1.82) is 0 Å². The summed E-state index contributed by atoms with van der Waals surface area (Å²) in [7, 11) is 1.67. The van der Waals surface area contributed by atoms with Crippen molar-refractivity contribution >= 4 is 0 Å². The highest BCUT2D eigenvalue weighted by Crippen LogP contribution is 2.40. The molecule has 6 nitrogen and oxygen atoms in total. The molecule has 3 rings (SSSR count). The van der Waals surface area contributed by atoms with Crippen LogP contribution in [0.25, 0.3) is 0 Å². The molecule has 1 aliphatic carbocycles. The predicted molar refractivity (Wildman–Crippen MR) is 71.1 cm³/mol. The topological polar surface area (TPSA) is 69.2 Å². The molecule has 3 fully saturated rings. The Morgan fingerprint density at radius 2 is 2.10 bits per heavy atom. The second kappa shape index (κ2) is 5.51. The maximum atomic E-state index is 9.28. The Balaban J connectivity index is 1.69. The molecule has 2 N–H and O–H groups in total. The van der Waals surface area contributed by atoms with Crippen molar-refractivity contribution in [3.63, 3.8) is 0 Å². The van der Waals surface area contributed by atoms with Crippen LogP contribution in [-0.4, -0.2) is 61.3 Å². The van der Waals surface area contributed by atoms with E-state index < -0.39 is 5.79 Å². The lowest BCUT2D eigenvalue weighted by molar-refractivity contribution is -0.220. The van der Waals surface area contributed by atoms with E-state index in [2.05, 4.69) is 5.32 Å². The third kappa shape index (κ3) is 2.86. The molecular weight excluding hydrogens is 262 g/mol. The van der Waals surface area contributed by atoms with E-state index in [9.17, 15) is 5.11 Å². The van der Waals surface area contributed by atoms with E-state index in [1.54, 1.807) is 7.11 Å². The van der Waals surface area contributed by atoms with Gasteiger partial charge in [-0.1, -0.05) is 0 Å². The highest BCUT2D eigenvalue weighted by molar-refractivity contribution is 5.00. The first kappa shape index (κ1) is 14.7. The number of rotatable bonds is 6. The number of methoxy groups -OCH3 is 1. The summed E-state index contributed by atoms with van der Waals surface area (Å²) in [6, 6.07) is 0.615. The molecule has 6 heteroatoms. The molecule has 0 spiro atoms. The van der Waals surface area contributed by atoms with Gasteiger partial charge in [0, 0.05) is 25.8 Å². The zero-order chi connectivity index (χ0) is 14.3. The lowest BCUT2D eigenvalue weighted by Crippen LogP contribution is -2.49. The molecule has 0 aromatic rings. The monoisotopic (exact) mass is 287 g/mol. The number of nitrogens with one attached hydrogen (secondary N) is 1. The zero-order valence-electron chi connectivity index (χ0n) is 12.4. The molecule has 3 aliphatic rings. The third-order valence-electron chi connectivity index (χ3n) is 4.16. The quantitative estimate of drug-likeness (QED) is 0.736. The summed E-state index contributed by atoms with van der Waals surface area (Å²) in [6.07, 6.45) is 2.11. The Morgan fingerprint density at radius 1 is 1.35 bits per heavy atom. The fraction of sp³-hybridized carbons (Fsp3) is 1.00. The van der Waals surface area contributed by atoms with Crippen LogP contribution in [0.2, 0.25) is 0 Å². The fourth-order valence-corrected chi connectivity index (χ4v) is 3.13. The van der Waals surface area contributed by atoms with Crippen molar-refractivity contribution in [1.82, 2.24) is 5.32 Å². The van der Waals surface area contributed by atoms with Crippen LogP contribution in [0.15, 0.2) is 0 Å². The first-order chi connectivity index (χ1) is 9.54. The fourth-order valence-electron chi connectivity index (χ4n) is 3.13. The Hall–Kier alpha value is -0.240. The summed E-state index contributed by atoms with van der Waals surface area (Å²) < 4.78 is 23.3. The van der Waals surface area contributed by atoms with Gasteiger partial charge in [-0.05, 0) is 33.1 Å². The van der Waals surface area contributed by atoms with Gasteiger partial charge in [-0.2, -0.15) is 0 Å². The number of fused-ring (bicyclic) bond motifs is 1. The molecule has 0 amide bonds. The smallest absolute Gasteiger partial charge is 0.190 e. The van der Waals surface area contributed by atoms with E-state index >= 15 is 0 Å². The van der Waals surface area contributed by atoms with Gasteiger partial charge in [0.1, 0.15) is 18.3 Å². The van der Waals surface area contributed by atoms with Gasteiger partial charge in [-0.3, -0.25) is 0 Å². The number of hydrogen-bond donors (Lipinski definition) is 2. The molecule has 4 unspecified atom stereocenters. The van der Waals surface area contributed by atoms with Gasteiger partial charge in [0.25, 0.3) is 0 Å². The van der Waals surface area contributed by atoms with E-state index in [-0.39, 0.29) is 37.3 Å². The van der Waals surface area contributed by atoms with Crippen LogP contribution in [0, 0.1) is 0 Å². The molecule has 2 saturated heterocycles. The van der Waals surface area contributed by atoms with Crippen LogP contribution in [0.4, 0.5) is 0 Å². The minimum absolute atomic E-state index is 0.0679. The molecule has 5 atom stereocenters. The van der Waals surface area contributed by atoms with Gasteiger partial charge in [-0.15, -0.1) is 0 Å². The molecule has 2 heterocycles. The summed E-state index contributed by atoms with van der Waals surface area (Å²) >= 11 is 0. The second-order valence-electron chi connectivity index (χ2n) is 6.33. The number of ether oxygens (including phenoxy) is 4.